The largest absolute Gasteiger partial charge is 0.481 e. The van der Waals surface area contributed by atoms with Gasteiger partial charge in [0.15, 0.2) is 0 Å². The lowest BCUT2D eigenvalue weighted by molar-refractivity contribution is -0.137. The molecule has 0 atom stereocenters. The molecular weight excluding hydrogens is 234 g/mol. The molecule has 5 heteroatoms. The Hall–Kier alpha value is -1.26. The Balaban J connectivity index is 4.43. The van der Waals surface area contributed by atoms with Gasteiger partial charge in [-0.1, -0.05) is 13.8 Å². The van der Waals surface area contributed by atoms with Crippen LogP contribution in [0.4, 0.5) is 4.79 Å². The first-order chi connectivity index (χ1) is 8.11. The van der Waals surface area contributed by atoms with Gasteiger partial charge in [-0.2, -0.15) is 0 Å². The van der Waals surface area contributed by atoms with E-state index in [9.17, 15) is 9.59 Å². The van der Waals surface area contributed by atoms with E-state index in [2.05, 4.69) is 13.8 Å². The lowest BCUT2D eigenvalue weighted by atomic mass is 10.1. The van der Waals surface area contributed by atoms with E-state index in [4.69, 9.17) is 9.84 Å². The number of carboxylic acid groups (broad SMARTS) is 1. The number of rotatable bonds is 6. The molecule has 0 aromatic rings. The summed E-state index contributed by atoms with van der Waals surface area (Å²) >= 11 is 0. The standard InChI is InChI=1S/C13H25NO4/c1-10(2)6-8-14(9-7-11(15)16)12(17)18-13(3,4)5/h10H,6-9H2,1-5H3,(H,15,16). The van der Waals surface area contributed by atoms with Crippen LogP contribution in [0.15, 0.2) is 0 Å². The van der Waals surface area contributed by atoms with Gasteiger partial charge in [0, 0.05) is 13.1 Å². The zero-order chi connectivity index (χ0) is 14.3. The maximum atomic E-state index is 11.9. The fourth-order valence-corrected chi connectivity index (χ4v) is 1.27. The van der Waals surface area contributed by atoms with Crippen LogP contribution in [0.1, 0.15) is 47.5 Å². The number of aliphatic carboxylic acids is 1. The van der Waals surface area contributed by atoms with E-state index >= 15 is 0 Å². The minimum absolute atomic E-state index is 0.0582. The summed E-state index contributed by atoms with van der Waals surface area (Å²) in [6, 6.07) is 0. The number of hydrogen-bond acceptors (Lipinski definition) is 3. The van der Waals surface area contributed by atoms with E-state index in [1.54, 1.807) is 20.8 Å². The molecule has 0 fully saturated rings. The number of hydrogen-bond donors (Lipinski definition) is 1. The average molecular weight is 259 g/mol. The lowest BCUT2D eigenvalue weighted by Gasteiger charge is -2.27. The Kier molecular flexibility index (Phi) is 6.73. The molecule has 0 saturated heterocycles. The topological polar surface area (TPSA) is 66.8 Å². The van der Waals surface area contributed by atoms with Crippen LogP contribution < -0.4 is 0 Å². The predicted octanol–water partition coefficient (Wildman–Crippen LogP) is 2.74. The number of nitrogens with zero attached hydrogens (tertiary/aromatic N) is 1. The van der Waals surface area contributed by atoms with Crippen molar-refractivity contribution in [1.29, 1.82) is 0 Å². The van der Waals surface area contributed by atoms with Crippen LogP contribution in [-0.2, 0) is 9.53 Å². The van der Waals surface area contributed by atoms with Crippen LogP contribution in [0.3, 0.4) is 0 Å². The Bertz CT molecular complexity index is 281. The summed E-state index contributed by atoms with van der Waals surface area (Å²) in [5.41, 5.74) is -0.559. The van der Waals surface area contributed by atoms with Gasteiger partial charge in [-0.3, -0.25) is 4.79 Å². The quantitative estimate of drug-likeness (QED) is 0.796. The first kappa shape index (κ1) is 16.7. The second-order valence-electron chi connectivity index (χ2n) is 5.79. The van der Waals surface area contributed by atoms with E-state index < -0.39 is 17.7 Å². The van der Waals surface area contributed by atoms with Gasteiger partial charge in [0.2, 0.25) is 0 Å². The molecule has 1 amide bonds. The Morgan fingerprint density at radius 2 is 1.78 bits per heavy atom. The SMILES string of the molecule is CC(C)CCN(CCC(=O)O)C(=O)OC(C)(C)C. The molecule has 0 aliphatic heterocycles. The van der Waals surface area contributed by atoms with Gasteiger partial charge in [-0.25, -0.2) is 4.79 Å². The van der Waals surface area contributed by atoms with Crippen LogP contribution in [-0.4, -0.2) is 40.8 Å². The van der Waals surface area contributed by atoms with Gasteiger partial charge in [0.1, 0.15) is 5.60 Å². The molecule has 0 aliphatic carbocycles. The van der Waals surface area contributed by atoms with Crippen LogP contribution in [0.2, 0.25) is 0 Å². The lowest BCUT2D eigenvalue weighted by Crippen LogP contribution is -2.39. The summed E-state index contributed by atoms with van der Waals surface area (Å²) in [5.74, 6) is -0.451. The molecule has 0 aromatic carbocycles. The number of carbonyl (C=O) groups excluding carboxylic acids is 1. The van der Waals surface area contributed by atoms with Crippen LogP contribution >= 0.6 is 0 Å². The van der Waals surface area contributed by atoms with E-state index in [0.29, 0.717) is 12.5 Å². The maximum absolute atomic E-state index is 11.9. The Morgan fingerprint density at radius 3 is 2.17 bits per heavy atom. The zero-order valence-corrected chi connectivity index (χ0v) is 12.0. The highest BCUT2D eigenvalue weighted by Crippen LogP contribution is 2.12. The van der Waals surface area contributed by atoms with Gasteiger partial charge in [0.25, 0.3) is 0 Å². The molecule has 0 radical (unpaired) electrons. The van der Waals surface area contributed by atoms with Gasteiger partial charge in [-0.05, 0) is 33.1 Å². The highest BCUT2D eigenvalue weighted by Gasteiger charge is 2.22. The van der Waals surface area contributed by atoms with Gasteiger partial charge >= 0.3 is 12.1 Å². The van der Waals surface area contributed by atoms with Gasteiger partial charge < -0.3 is 14.7 Å². The predicted molar refractivity (Wildman–Crippen MR) is 69.5 cm³/mol. The number of carboxylic acids is 1. The molecule has 0 saturated carbocycles. The molecule has 5 nitrogen and oxygen atoms in total. The molecule has 0 aliphatic rings. The van der Waals surface area contributed by atoms with Gasteiger partial charge in [0.05, 0.1) is 6.42 Å². The molecule has 1 N–H and O–H groups in total. The number of carbonyl (C=O) groups is 2. The van der Waals surface area contributed by atoms with E-state index in [1.165, 1.54) is 4.90 Å². The van der Waals surface area contributed by atoms with Crippen molar-refractivity contribution in [1.82, 2.24) is 4.90 Å². The monoisotopic (exact) mass is 259 g/mol. The van der Waals surface area contributed by atoms with E-state index in [-0.39, 0.29) is 13.0 Å². The van der Waals surface area contributed by atoms with E-state index in [0.717, 1.165) is 6.42 Å². The van der Waals surface area contributed by atoms with Crippen molar-refractivity contribution in [3.05, 3.63) is 0 Å². The minimum Gasteiger partial charge on any atom is -0.481 e. The van der Waals surface area contributed by atoms with Crippen molar-refractivity contribution in [2.45, 2.75) is 53.1 Å². The summed E-state index contributed by atoms with van der Waals surface area (Å²) in [4.78, 5) is 23.9. The van der Waals surface area contributed by atoms with E-state index in [1.807, 2.05) is 0 Å². The Labute approximate surface area is 109 Å². The fourth-order valence-electron chi connectivity index (χ4n) is 1.27. The minimum atomic E-state index is -0.909. The van der Waals surface area contributed by atoms with Crippen LogP contribution in [0.5, 0.6) is 0 Å². The third-order valence-corrected chi connectivity index (χ3v) is 2.22. The summed E-state index contributed by atoms with van der Waals surface area (Å²) in [6.45, 7) is 10.2. The third-order valence-electron chi connectivity index (χ3n) is 2.22. The summed E-state index contributed by atoms with van der Waals surface area (Å²) in [7, 11) is 0. The molecule has 0 spiro atoms. The average Bonchev–Trinajstić information content (AvgIpc) is 2.13. The molecule has 0 rings (SSSR count). The summed E-state index contributed by atoms with van der Waals surface area (Å²) in [6.07, 6.45) is 0.334. The Morgan fingerprint density at radius 1 is 1.22 bits per heavy atom. The number of amides is 1. The van der Waals surface area contributed by atoms with Crippen molar-refractivity contribution in [3.8, 4) is 0 Å². The van der Waals surface area contributed by atoms with Crippen molar-refractivity contribution in [2.75, 3.05) is 13.1 Å². The molecule has 0 aromatic heterocycles. The van der Waals surface area contributed by atoms with Crippen molar-refractivity contribution >= 4 is 12.1 Å². The van der Waals surface area contributed by atoms with Crippen molar-refractivity contribution in [3.63, 3.8) is 0 Å². The molecule has 18 heavy (non-hydrogen) atoms. The second kappa shape index (κ2) is 7.24. The van der Waals surface area contributed by atoms with Crippen LogP contribution in [0, 0.1) is 5.92 Å². The fraction of sp³-hybridized carbons (Fsp3) is 0.846. The zero-order valence-electron chi connectivity index (χ0n) is 12.0. The second-order valence-corrected chi connectivity index (χ2v) is 5.79. The first-order valence-corrected chi connectivity index (χ1v) is 6.31. The van der Waals surface area contributed by atoms with Crippen molar-refractivity contribution < 1.29 is 19.4 Å². The third kappa shape index (κ3) is 8.84. The molecular formula is C13H25NO4. The summed E-state index contributed by atoms with van der Waals surface area (Å²) in [5, 5.41) is 8.68. The molecule has 0 bridgehead atoms. The highest BCUT2D eigenvalue weighted by atomic mass is 16.6. The molecule has 106 valence electrons. The molecule has 0 heterocycles. The van der Waals surface area contributed by atoms with Crippen LogP contribution in [0.25, 0.3) is 0 Å². The highest BCUT2D eigenvalue weighted by molar-refractivity contribution is 5.70. The first-order valence-electron chi connectivity index (χ1n) is 6.31. The normalized spacial score (nSPS) is 11.4. The molecule has 0 unspecified atom stereocenters. The maximum Gasteiger partial charge on any atom is 0.410 e. The number of ether oxygens (including phenoxy) is 1. The van der Waals surface area contributed by atoms with Crippen molar-refractivity contribution in [2.24, 2.45) is 5.92 Å². The van der Waals surface area contributed by atoms with Gasteiger partial charge in [-0.15, -0.1) is 0 Å². The summed E-state index contributed by atoms with van der Waals surface area (Å²) < 4.78 is 5.26. The smallest absolute Gasteiger partial charge is 0.410 e.